The molecule has 0 saturated carbocycles. The van der Waals surface area contributed by atoms with E-state index in [1.54, 1.807) is 0 Å². The molecule has 0 spiro atoms. The molecule has 2 atom stereocenters. The molecule has 1 aliphatic heterocycles. The summed E-state index contributed by atoms with van der Waals surface area (Å²) in [5.74, 6) is -3.14. The second kappa shape index (κ2) is 4.16. The molecule has 0 radical (unpaired) electrons. The van der Waals surface area contributed by atoms with Gasteiger partial charge in [0, 0.05) is 6.54 Å². The lowest BCUT2D eigenvalue weighted by Gasteiger charge is -2.33. The van der Waals surface area contributed by atoms with Crippen LogP contribution in [0.1, 0.15) is 12.8 Å². The van der Waals surface area contributed by atoms with Gasteiger partial charge in [0.05, 0.1) is 5.92 Å². The molecule has 84 valence electrons. The summed E-state index contributed by atoms with van der Waals surface area (Å²) in [5, 5.41) is 26.2. The van der Waals surface area contributed by atoms with Crippen molar-refractivity contribution in [3.8, 4) is 0 Å². The lowest BCUT2D eigenvalue weighted by Crippen LogP contribution is -2.51. The van der Waals surface area contributed by atoms with E-state index < -0.39 is 30.0 Å². The molecule has 0 aromatic carbocycles. The lowest BCUT2D eigenvalue weighted by atomic mass is 9.93. The van der Waals surface area contributed by atoms with Crippen LogP contribution in [0.2, 0.25) is 0 Å². The highest BCUT2D eigenvalue weighted by Gasteiger charge is 2.38. The van der Waals surface area contributed by atoms with Gasteiger partial charge in [-0.1, -0.05) is 0 Å². The van der Waals surface area contributed by atoms with E-state index in [9.17, 15) is 14.4 Å². The molecule has 1 saturated heterocycles. The first-order chi connectivity index (χ1) is 6.93. The number of rotatable bonds is 2. The Labute approximate surface area is 84.9 Å². The third-order valence-electron chi connectivity index (χ3n) is 2.46. The van der Waals surface area contributed by atoms with E-state index >= 15 is 0 Å². The van der Waals surface area contributed by atoms with Crippen LogP contribution in [-0.4, -0.2) is 50.8 Å². The van der Waals surface area contributed by atoms with Crippen molar-refractivity contribution in [3.63, 3.8) is 0 Å². The van der Waals surface area contributed by atoms with Crippen molar-refractivity contribution < 1.29 is 29.7 Å². The van der Waals surface area contributed by atoms with E-state index in [1.165, 1.54) is 0 Å². The van der Waals surface area contributed by atoms with Crippen molar-refractivity contribution in [3.05, 3.63) is 0 Å². The number of amides is 1. The van der Waals surface area contributed by atoms with Gasteiger partial charge in [-0.3, -0.25) is 9.69 Å². The van der Waals surface area contributed by atoms with E-state index in [4.69, 9.17) is 15.3 Å². The van der Waals surface area contributed by atoms with Gasteiger partial charge < -0.3 is 15.3 Å². The number of nitrogens with zero attached hydrogens (tertiary/aromatic N) is 1. The molecule has 0 aromatic rings. The number of hydrogen-bond acceptors (Lipinski definition) is 3. The van der Waals surface area contributed by atoms with Crippen molar-refractivity contribution in [1.82, 2.24) is 4.90 Å². The van der Waals surface area contributed by atoms with Gasteiger partial charge in [0.15, 0.2) is 0 Å². The van der Waals surface area contributed by atoms with E-state index in [-0.39, 0.29) is 19.4 Å². The average Bonchev–Trinajstić information content (AvgIpc) is 2.16. The molecular weight excluding hydrogens is 206 g/mol. The molecule has 3 N–H and O–H groups in total. The van der Waals surface area contributed by atoms with Crippen LogP contribution in [0.4, 0.5) is 4.79 Å². The van der Waals surface area contributed by atoms with Gasteiger partial charge in [0.25, 0.3) is 0 Å². The van der Waals surface area contributed by atoms with Crippen molar-refractivity contribution in [2.75, 3.05) is 6.54 Å². The van der Waals surface area contributed by atoms with Crippen molar-refractivity contribution in [1.29, 1.82) is 0 Å². The fraction of sp³-hybridized carbons (Fsp3) is 0.625. The van der Waals surface area contributed by atoms with Gasteiger partial charge in [-0.05, 0) is 12.8 Å². The van der Waals surface area contributed by atoms with Crippen LogP contribution < -0.4 is 0 Å². The Bertz CT molecular complexity index is 302. The van der Waals surface area contributed by atoms with E-state index in [0.717, 1.165) is 0 Å². The van der Waals surface area contributed by atoms with Crippen LogP contribution >= 0.6 is 0 Å². The average molecular weight is 217 g/mol. The Morgan fingerprint density at radius 2 is 1.60 bits per heavy atom. The Hall–Kier alpha value is -1.79. The molecule has 7 nitrogen and oxygen atoms in total. The molecule has 1 rings (SSSR count). The number of piperidine rings is 1. The topological polar surface area (TPSA) is 115 Å². The normalized spacial score (nSPS) is 26.0. The monoisotopic (exact) mass is 217 g/mol. The Kier molecular flexibility index (Phi) is 3.13. The maximum Gasteiger partial charge on any atom is 0.408 e. The number of aliphatic carboxylic acids is 2. The van der Waals surface area contributed by atoms with Crippen molar-refractivity contribution >= 4 is 18.0 Å². The summed E-state index contributed by atoms with van der Waals surface area (Å²) in [6, 6.07) is -1.13. The highest BCUT2D eigenvalue weighted by Crippen LogP contribution is 2.22. The minimum atomic E-state index is -1.40. The van der Waals surface area contributed by atoms with Gasteiger partial charge in [-0.25, -0.2) is 9.59 Å². The van der Waals surface area contributed by atoms with Crippen LogP contribution in [-0.2, 0) is 9.59 Å². The molecule has 0 aromatic heterocycles. The number of hydrogen-bond donors (Lipinski definition) is 3. The van der Waals surface area contributed by atoms with Crippen LogP contribution in [0.15, 0.2) is 0 Å². The fourth-order valence-corrected chi connectivity index (χ4v) is 1.64. The van der Waals surface area contributed by atoms with Crippen LogP contribution in [0.5, 0.6) is 0 Å². The molecule has 0 unspecified atom stereocenters. The third-order valence-corrected chi connectivity index (χ3v) is 2.46. The predicted octanol–water partition coefficient (Wildman–Crippen LogP) is -0.0858. The largest absolute Gasteiger partial charge is 0.481 e. The maximum absolute atomic E-state index is 10.7. The predicted molar refractivity (Wildman–Crippen MR) is 46.5 cm³/mol. The standard InChI is InChI=1S/C8H11NO6/c10-6(11)4-1-2-5(7(12)13)9(3-4)8(14)15/h4-5H,1-3H2,(H,10,11)(H,12,13)(H,14,15)/t4-,5+/m1/s1. The van der Waals surface area contributed by atoms with Crippen molar-refractivity contribution in [2.24, 2.45) is 5.92 Å². The number of likely N-dealkylation sites (tertiary alicyclic amines) is 1. The summed E-state index contributed by atoms with van der Waals surface area (Å²) in [6.07, 6.45) is -1.16. The Balaban J connectivity index is 2.78. The molecular formula is C8H11NO6. The number of carboxylic acids is 2. The summed E-state index contributed by atoms with van der Waals surface area (Å²) in [5.41, 5.74) is 0. The van der Waals surface area contributed by atoms with E-state index in [0.29, 0.717) is 4.90 Å². The second-order valence-corrected chi connectivity index (χ2v) is 3.40. The SMILES string of the molecule is O=C(O)[C@@H]1CC[C@@H](C(=O)O)N(C(=O)O)C1. The maximum atomic E-state index is 10.7. The van der Waals surface area contributed by atoms with Gasteiger partial charge >= 0.3 is 18.0 Å². The number of carboxylic acid groups (broad SMARTS) is 3. The highest BCUT2D eigenvalue weighted by molar-refractivity contribution is 5.81. The van der Waals surface area contributed by atoms with Gasteiger partial charge in [0.2, 0.25) is 0 Å². The third kappa shape index (κ3) is 2.36. The first-order valence-electron chi connectivity index (χ1n) is 4.38. The first kappa shape index (κ1) is 11.3. The van der Waals surface area contributed by atoms with E-state index in [2.05, 4.69) is 0 Å². The quantitative estimate of drug-likeness (QED) is 0.595. The Morgan fingerprint density at radius 1 is 1.00 bits per heavy atom. The van der Waals surface area contributed by atoms with E-state index in [1.807, 2.05) is 0 Å². The summed E-state index contributed by atoms with van der Waals surface area (Å²) in [6.45, 7) is -0.262. The zero-order chi connectivity index (χ0) is 11.6. The summed E-state index contributed by atoms with van der Waals surface area (Å²) in [4.78, 5) is 32.7. The molecule has 15 heavy (non-hydrogen) atoms. The lowest BCUT2D eigenvalue weighted by molar-refractivity contribution is -0.150. The smallest absolute Gasteiger partial charge is 0.408 e. The van der Waals surface area contributed by atoms with Crippen LogP contribution in [0.25, 0.3) is 0 Å². The van der Waals surface area contributed by atoms with Crippen LogP contribution in [0, 0.1) is 5.92 Å². The first-order valence-corrected chi connectivity index (χ1v) is 4.38. The Morgan fingerprint density at radius 3 is 2.00 bits per heavy atom. The summed E-state index contributed by atoms with van der Waals surface area (Å²) in [7, 11) is 0. The van der Waals surface area contributed by atoms with Gasteiger partial charge in [0.1, 0.15) is 6.04 Å². The molecule has 1 fully saturated rings. The molecule has 0 bridgehead atoms. The molecule has 7 heteroatoms. The number of carbonyl (C=O) groups is 3. The van der Waals surface area contributed by atoms with Gasteiger partial charge in [-0.15, -0.1) is 0 Å². The molecule has 0 aliphatic carbocycles. The van der Waals surface area contributed by atoms with Crippen LogP contribution in [0.3, 0.4) is 0 Å². The molecule has 1 heterocycles. The zero-order valence-electron chi connectivity index (χ0n) is 7.79. The highest BCUT2D eigenvalue weighted by atomic mass is 16.4. The zero-order valence-corrected chi connectivity index (χ0v) is 7.79. The molecule has 1 amide bonds. The summed E-state index contributed by atoms with van der Waals surface area (Å²) < 4.78 is 0. The summed E-state index contributed by atoms with van der Waals surface area (Å²) >= 11 is 0. The second-order valence-electron chi connectivity index (χ2n) is 3.40. The molecule has 1 aliphatic rings. The minimum absolute atomic E-state index is 0.0403. The van der Waals surface area contributed by atoms with Gasteiger partial charge in [-0.2, -0.15) is 0 Å². The van der Waals surface area contributed by atoms with Crippen molar-refractivity contribution in [2.45, 2.75) is 18.9 Å². The fourth-order valence-electron chi connectivity index (χ4n) is 1.64. The minimum Gasteiger partial charge on any atom is -0.481 e.